The molecule has 0 radical (unpaired) electrons. The lowest BCUT2D eigenvalue weighted by atomic mass is 10.1. The molecule has 4 fully saturated rings. The van der Waals surface area contributed by atoms with Gasteiger partial charge in [0, 0.05) is 69.5 Å². The van der Waals surface area contributed by atoms with E-state index in [1.165, 1.54) is 26.2 Å². The summed E-state index contributed by atoms with van der Waals surface area (Å²) in [5, 5.41) is 7.80. The maximum atomic E-state index is 6.22. The highest BCUT2D eigenvalue weighted by Crippen LogP contribution is 2.33. The lowest BCUT2D eigenvalue weighted by Gasteiger charge is -2.47. The number of hydrogen-bond acceptors (Lipinski definition) is 5. The minimum absolute atomic E-state index is 0.350. The van der Waals surface area contributed by atoms with Crippen molar-refractivity contribution in [3.63, 3.8) is 0 Å². The average molecular weight is 421 g/mol. The van der Waals surface area contributed by atoms with Gasteiger partial charge in [-0.1, -0.05) is 11.6 Å². The molecule has 1 aromatic rings. The van der Waals surface area contributed by atoms with E-state index in [-0.39, 0.29) is 0 Å². The van der Waals surface area contributed by atoms with E-state index >= 15 is 0 Å². The number of piperazine rings is 3. The summed E-state index contributed by atoms with van der Waals surface area (Å²) in [6.07, 6.45) is 1.06. The molecule has 0 saturated carbocycles. The van der Waals surface area contributed by atoms with Gasteiger partial charge in [-0.3, -0.25) is 14.8 Å². The summed E-state index contributed by atoms with van der Waals surface area (Å²) in [6, 6.07) is 6.69. The predicted octanol–water partition coefficient (Wildman–Crippen LogP) is 1.48. The van der Waals surface area contributed by atoms with Gasteiger partial charge < -0.3 is 20.3 Å². The van der Waals surface area contributed by atoms with Crippen molar-refractivity contribution >= 4 is 23.2 Å². The van der Waals surface area contributed by atoms with Gasteiger partial charge in [0.1, 0.15) is 5.75 Å². The number of anilines is 1. The Balaban J connectivity index is 1.36. The van der Waals surface area contributed by atoms with E-state index in [0.717, 1.165) is 61.6 Å². The Kier molecular flexibility index (Phi) is 6.67. The van der Waals surface area contributed by atoms with E-state index in [1.54, 1.807) is 7.11 Å². The number of nitrogens with zero attached hydrogens (tertiary/aromatic N) is 4. The van der Waals surface area contributed by atoms with Crippen LogP contribution in [0.5, 0.6) is 5.75 Å². The standard InChI is InChI=1S/C21H33ClN6O/c1-3-23-21(24-13-18-15-26-8-10-27(18)11-9-26)25-17-6-7-28(14-17)19-12-16(22)4-5-20(19)29-2/h4-5,12,17-18H,3,6-11,13-15H2,1-2H3,(H2,23,24,25). The topological polar surface area (TPSA) is 55.4 Å². The molecule has 2 bridgehead atoms. The maximum Gasteiger partial charge on any atom is 0.191 e. The summed E-state index contributed by atoms with van der Waals surface area (Å²) in [4.78, 5) is 12.4. The van der Waals surface area contributed by atoms with Crippen molar-refractivity contribution in [2.45, 2.75) is 25.4 Å². The van der Waals surface area contributed by atoms with Gasteiger partial charge in [-0.05, 0) is 31.5 Å². The lowest BCUT2D eigenvalue weighted by molar-refractivity contribution is 0.0174. The van der Waals surface area contributed by atoms with Crippen molar-refractivity contribution in [3.8, 4) is 5.75 Å². The lowest BCUT2D eigenvalue weighted by Crippen LogP contribution is -2.62. The van der Waals surface area contributed by atoms with Crippen LogP contribution in [0.1, 0.15) is 13.3 Å². The summed E-state index contributed by atoms with van der Waals surface area (Å²) in [7, 11) is 1.71. The van der Waals surface area contributed by atoms with Crippen molar-refractivity contribution in [2.24, 2.45) is 4.99 Å². The van der Waals surface area contributed by atoms with Crippen molar-refractivity contribution in [2.75, 3.05) is 70.9 Å². The molecule has 7 nitrogen and oxygen atoms in total. The van der Waals surface area contributed by atoms with Gasteiger partial charge in [-0.15, -0.1) is 0 Å². The van der Waals surface area contributed by atoms with Gasteiger partial charge in [0.15, 0.2) is 5.96 Å². The van der Waals surface area contributed by atoms with Crippen LogP contribution in [-0.2, 0) is 0 Å². The molecule has 2 unspecified atom stereocenters. The molecule has 2 atom stereocenters. The quantitative estimate of drug-likeness (QED) is 0.537. The third-order valence-corrected chi connectivity index (χ3v) is 6.44. The summed E-state index contributed by atoms with van der Waals surface area (Å²) in [5.74, 6) is 1.79. The third kappa shape index (κ3) is 4.90. The highest BCUT2D eigenvalue weighted by molar-refractivity contribution is 6.30. The number of guanidine groups is 1. The van der Waals surface area contributed by atoms with Crippen molar-refractivity contribution < 1.29 is 4.74 Å². The van der Waals surface area contributed by atoms with Crippen LogP contribution in [0.3, 0.4) is 0 Å². The summed E-state index contributed by atoms with van der Waals surface area (Å²) < 4.78 is 5.53. The van der Waals surface area contributed by atoms with E-state index in [0.29, 0.717) is 12.1 Å². The molecular weight excluding hydrogens is 388 g/mol. The van der Waals surface area contributed by atoms with Gasteiger partial charge in [0.05, 0.1) is 19.3 Å². The van der Waals surface area contributed by atoms with E-state index in [9.17, 15) is 0 Å². The van der Waals surface area contributed by atoms with Crippen LogP contribution in [0.4, 0.5) is 5.69 Å². The van der Waals surface area contributed by atoms with Crippen molar-refractivity contribution in [3.05, 3.63) is 23.2 Å². The van der Waals surface area contributed by atoms with E-state index in [4.69, 9.17) is 21.3 Å². The van der Waals surface area contributed by atoms with Gasteiger partial charge in [-0.25, -0.2) is 0 Å². The van der Waals surface area contributed by atoms with Gasteiger partial charge in [0.2, 0.25) is 0 Å². The van der Waals surface area contributed by atoms with Crippen LogP contribution in [0.25, 0.3) is 0 Å². The smallest absolute Gasteiger partial charge is 0.191 e. The zero-order chi connectivity index (χ0) is 20.2. The minimum atomic E-state index is 0.350. The first-order valence-electron chi connectivity index (χ1n) is 10.8. The van der Waals surface area contributed by atoms with Crippen LogP contribution in [0.2, 0.25) is 5.02 Å². The number of aliphatic imine (C=N–C) groups is 1. The highest BCUT2D eigenvalue weighted by atomic mass is 35.5. The Hall–Kier alpha value is -1.70. The molecule has 1 aromatic carbocycles. The second-order valence-corrected chi connectivity index (χ2v) is 8.54. The average Bonchev–Trinajstić information content (AvgIpc) is 3.21. The van der Waals surface area contributed by atoms with Crippen LogP contribution in [0, 0.1) is 0 Å². The van der Waals surface area contributed by atoms with Gasteiger partial charge >= 0.3 is 0 Å². The van der Waals surface area contributed by atoms with Crippen LogP contribution in [-0.4, -0.2) is 93.9 Å². The molecule has 0 amide bonds. The van der Waals surface area contributed by atoms with E-state index in [1.807, 2.05) is 18.2 Å². The first-order chi connectivity index (χ1) is 14.2. The molecule has 4 aliphatic heterocycles. The molecule has 8 heteroatoms. The highest BCUT2D eigenvalue weighted by Gasteiger charge is 2.31. The Morgan fingerprint density at radius 2 is 2.03 bits per heavy atom. The second-order valence-electron chi connectivity index (χ2n) is 8.10. The zero-order valence-electron chi connectivity index (χ0n) is 17.5. The molecular formula is C21H33ClN6O. The number of methoxy groups -OCH3 is 1. The fourth-order valence-electron chi connectivity index (χ4n) is 4.61. The fraction of sp³-hybridized carbons (Fsp3) is 0.667. The summed E-state index contributed by atoms with van der Waals surface area (Å²) >= 11 is 6.22. The second kappa shape index (κ2) is 9.41. The summed E-state index contributed by atoms with van der Waals surface area (Å²) in [6.45, 7) is 11.7. The Bertz CT molecular complexity index is 721. The van der Waals surface area contributed by atoms with Crippen LogP contribution in [0.15, 0.2) is 23.2 Å². The predicted molar refractivity (Wildman–Crippen MR) is 120 cm³/mol. The van der Waals surface area contributed by atoms with Gasteiger partial charge in [-0.2, -0.15) is 0 Å². The molecule has 29 heavy (non-hydrogen) atoms. The normalized spacial score (nSPS) is 29.2. The molecule has 2 N–H and O–H groups in total. The number of benzene rings is 1. The SMILES string of the molecule is CCNC(=NCC1CN2CCN1CC2)NC1CCN(c2cc(Cl)ccc2OC)C1. The van der Waals surface area contributed by atoms with E-state index in [2.05, 4.69) is 32.3 Å². The minimum Gasteiger partial charge on any atom is -0.495 e. The number of nitrogens with one attached hydrogen (secondary N) is 2. The number of fused-ring (bicyclic) bond motifs is 3. The zero-order valence-corrected chi connectivity index (χ0v) is 18.3. The van der Waals surface area contributed by atoms with Crippen molar-refractivity contribution in [1.82, 2.24) is 20.4 Å². The molecule has 4 saturated heterocycles. The van der Waals surface area contributed by atoms with Crippen molar-refractivity contribution in [1.29, 1.82) is 0 Å². The van der Waals surface area contributed by atoms with Gasteiger partial charge in [0.25, 0.3) is 0 Å². The van der Waals surface area contributed by atoms with E-state index < -0.39 is 0 Å². The van der Waals surface area contributed by atoms with Crippen LogP contribution >= 0.6 is 11.6 Å². The first-order valence-corrected chi connectivity index (χ1v) is 11.1. The molecule has 0 spiro atoms. The fourth-order valence-corrected chi connectivity index (χ4v) is 4.78. The number of hydrogen-bond donors (Lipinski definition) is 2. The first kappa shape index (κ1) is 20.6. The maximum absolute atomic E-state index is 6.22. The van der Waals surface area contributed by atoms with Crippen LogP contribution < -0.4 is 20.3 Å². The monoisotopic (exact) mass is 420 g/mol. The molecule has 160 valence electrons. The number of halogens is 1. The third-order valence-electron chi connectivity index (χ3n) is 6.21. The number of rotatable bonds is 6. The molecule has 5 rings (SSSR count). The molecule has 0 aromatic heterocycles. The Morgan fingerprint density at radius 3 is 2.72 bits per heavy atom. The molecule has 4 aliphatic rings. The Morgan fingerprint density at radius 1 is 1.21 bits per heavy atom. The molecule has 0 aliphatic carbocycles. The summed E-state index contributed by atoms with van der Waals surface area (Å²) in [5.41, 5.74) is 1.06. The number of ether oxygens (including phenoxy) is 1. The molecule has 4 heterocycles. The largest absolute Gasteiger partial charge is 0.495 e. The Labute approximate surface area is 179 Å².